The Morgan fingerprint density at radius 3 is 1.82 bits per heavy atom. The van der Waals surface area contributed by atoms with E-state index in [1.54, 1.807) is 0 Å². The van der Waals surface area contributed by atoms with Crippen molar-refractivity contribution in [3.8, 4) is 0 Å². The fourth-order valence-electron chi connectivity index (χ4n) is 2.19. The molecule has 0 aliphatic rings. The molecule has 1 N–H and O–H groups in total. The average molecular weight is 351 g/mol. The van der Waals surface area contributed by atoms with Crippen LogP contribution in [0.2, 0.25) is 12.1 Å². The zero-order valence-electron chi connectivity index (χ0n) is 12.0. The Bertz CT molecular complexity index is 210. The van der Waals surface area contributed by atoms with Crippen molar-refractivity contribution >= 4 is 26.2 Å². The van der Waals surface area contributed by atoms with Crippen molar-refractivity contribution in [2.75, 3.05) is 0 Å². The number of unbranched alkanes of at least 4 members (excludes halogenated alkanes) is 2. The monoisotopic (exact) mass is 350 g/mol. The summed E-state index contributed by atoms with van der Waals surface area (Å²) in [6.45, 7) is 8.55. The third-order valence-corrected chi connectivity index (χ3v) is 13.5. The summed E-state index contributed by atoms with van der Waals surface area (Å²) in [6.07, 6.45) is 6.77. The van der Waals surface area contributed by atoms with Gasteiger partial charge in [0, 0.05) is 0 Å². The minimum absolute atomic E-state index is 0.331. The summed E-state index contributed by atoms with van der Waals surface area (Å²) in [7, 11) is 0. The van der Waals surface area contributed by atoms with E-state index in [4.69, 9.17) is 0 Å². The summed E-state index contributed by atoms with van der Waals surface area (Å²) in [5, 5.41) is 9.58. The zero-order chi connectivity index (χ0) is 13.3. The van der Waals surface area contributed by atoms with Gasteiger partial charge in [-0.2, -0.15) is 0 Å². The van der Waals surface area contributed by atoms with Gasteiger partial charge in [-0.05, 0) is 0 Å². The van der Waals surface area contributed by atoms with Crippen molar-refractivity contribution in [3.63, 3.8) is 0 Å². The Balaban J connectivity index is 4.72. The molecule has 0 aromatic rings. The Hall–Kier alpha value is 0.288. The first-order valence-electron chi connectivity index (χ1n) is 7.01. The molecule has 0 saturated carbocycles. The van der Waals surface area contributed by atoms with Gasteiger partial charge in [0.25, 0.3) is 0 Å². The van der Waals surface area contributed by atoms with E-state index in [0.717, 1.165) is 12.8 Å². The number of carboxylic acids is 1. The molecule has 0 aromatic carbocycles. The van der Waals surface area contributed by atoms with Gasteiger partial charge in [0.1, 0.15) is 0 Å². The van der Waals surface area contributed by atoms with Gasteiger partial charge in [0.2, 0.25) is 0 Å². The number of rotatable bonds is 10. The van der Waals surface area contributed by atoms with E-state index in [9.17, 15) is 9.90 Å². The second-order valence-corrected chi connectivity index (χ2v) is 13.5. The first-order chi connectivity index (χ1) is 8.02. The summed E-state index contributed by atoms with van der Waals surface area (Å²) in [5.41, 5.74) is 0. The maximum absolute atomic E-state index is 11.6. The van der Waals surface area contributed by atoms with Crippen molar-refractivity contribution in [1.82, 2.24) is 0 Å². The average Bonchev–Trinajstić information content (AvgIpc) is 2.29. The topological polar surface area (TPSA) is 37.3 Å². The second kappa shape index (κ2) is 9.25. The first-order valence-corrected chi connectivity index (χ1v) is 11.9. The summed E-state index contributed by atoms with van der Waals surface area (Å²) in [5.74, 6) is -0.519. The molecule has 0 aliphatic heterocycles. The predicted octanol–water partition coefficient (Wildman–Crippen LogP) is 4.73. The summed E-state index contributed by atoms with van der Waals surface area (Å²) >= 11 is -1.66. The molecule has 1 atom stereocenters. The summed E-state index contributed by atoms with van der Waals surface area (Å²) < 4.78 is 2.17. The zero-order valence-corrected chi connectivity index (χ0v) is 14.5. The van der Waals surface area contributed by atoms with Gasteiger partial charge in [-0.25, -0.2) is 0 Å². The van der Waals surface area contributed by atoms with Gasteiger partial charge in [-0.3, -0.25) is 0 Å². The molecule has 0 aliphatic carbocycles. The molecule has 0 saturated heterocycles. The number of carbonyl (C=O) groups is 1. The SMILES string of the molecule is CCC[CH2][Sb]([CH2]CCC)[C](C)(CCC)C(=O)O. The molecule has 0 radical (unpaired) electrons. The normalized spacial score (nSPS) is 14.9. The van der Waals surface area contributed by atoms with Gasteiger partial charge in [-0.1, -0.05) is 0 Å². The molecule has 17 heavy (non-hydrogen) atoms. The Labute approximate surface area is 114 Å². The van der Waals surface area contributed by atoms with Crippen LogP contribution in [-0.2, 0) is 4.79 Å². The minimum atomic E-state index is -1.66. The van der Waals surface area contributed by atoms with Crippen LogP contribution in [0.4, 0.5) is 0 Å². The van der Waals surface area contributed by atoms with Crippen molar-refractivity contribution in [2.45, 2.75) is 78.3 Å². The van der Waals surface area contributed by atoms with Crippen LogP contribution in [0.15, 0.2) is 0 Å². The number of hydrogen-bond donors (Lipinski definition) is 1. The molecule has 1 unspecified atom stereocenters. The van der Waals surface area contributed by atoms with E-state index >= 15 is 0 Å². The molecule has 0 spiro atoms. The fraction of sp³-hybridized carbons (Fsp3) is 0.929. The Morgan fingerprint density at radius 2 is 1.53 bits per heavy atom. The number of carboxylic acid groups (broad SMARTS) is 1. The van der Waals surface area contributed by atoms with Crippen LogP contribution in [0.25, 0.3) is 0 Å². The van der Waals surface area contributed by atoms with E-state index in [1.165, 1.54) is 34.4 Å². The van der Waals surface area contributed by atoms with E-state index in [2.05, 4.69) is 20.8 Å². The molecule has 0 fully saturated rings. The molecule has 102 valence electrons. The molecule has 3 heteroatoms. The Kier molecular flexibility index (Phi) is 9.41. The summed E-state index contributed by atoms with van der Waals surface area (Å²) in [6, 6.07) is 0. The van der Waals surface area contributed by atoms with Crippen LogP contribution >= 0.6 is 0 Å². The third kappa shape index (κ3) is 5.64. The fourth-order valence-corrected chi connectivity index (χ4v) is 11.9. The van der Waals surface area contributed by atoms with Crippen molar-refractivity contribution in [2.24, 2.45) is 0 Å². The van der Waals surface area contributed by atoms with Crippen molar-refractivity contribution in [3.05, 3.63) is 0 Å². The van der Waals surface area contributed by atoms with Crippen LogP contribution in [0.3, 0.4) is 0 Å². The predicted molar refractivity (Wildman–Crippen MR) is 76.1 cm³/mol. The standard InChI is InChI=1S/C6H11O2.2C4H9.Sb/c1-3-4-5(2)6(7)8;2*1-3-4-2;/h3-4H2,1-2H3,(H,7,8);2*1,3-4H2,2H3;. The number of aliphatic carboxylic acids is 1. The van der Waals surface area contributed by atoms with Crippen LogP contribution in [-0.4, -0.2) is 31.3 Å². The van der Waals surface area contributed by atoms with Crippen molar-refractivity contribution in [1.29, 1.82) is 0 Å². The molecular formula is C14H29O2Sb. The van der Waals surface area contributed by atoms with Crippen LogP contribution in [0, 0.1) is 0 Å². The van der Waals surface area contributed by atoms with E-state index < -0.39 is 26.2 Å². The summed E-state index contributed by atoms with van der Waals surface area (Å²) in [4.78, 5) is 11.6. The van der Waals surface area contributed by atoms with Crippen LogP contribution in [0.5, 0.6) is 0 Å². The molecule has 0 rings (SSSR count). The quantitative estimate of drug-likeness (QED) is 0.578. The third-order valence-electron chi connectivity index (χ3n) is 3.46. The van der Waals surface area contributed by atoms with E-state index in [1.807, 2.05) is 6.92 Å². The van der Waals surface area contributed by atoms with Gasteiger partial charge in [0.05, 0.1) is 0 Å². The molecule has 0 aromatic heterocycles. The number of hydrogen-bond acceptors (Lipinski definition) is 1. The molecule has 0 bridgehead atoms. The molecule has 0 heterocycles. The van der Waals surface area contributed by atoms with Crippen LogP contribution < -0.4 is 0 Å². The first kappa shape index (κ1) is 17.3. The van der Waals surface area contributed by atoms with Crippen LogP contribution in [0.1, 0.15) is 66.2 Å². The Morgan fingerprint density at radius 1 is 1.06 bits per heavy atom. The van der Waals surface area contributed by atoms with Gasteiger partial charge >= 0.3 is 114 Å². The molecule has 2 nitrogen and oxygen atoms in total. The van der Waals surface area contributed by atoms with E-state index in [-0.39, 0.29) is 3.36 Å². The van der Waals surface area contributed by atoms with E-state index in [0.29, 0.717) is 0 Å². The van der Waals surface area contributed by atoms with Gasteiger partial charge < -0.3 is 0 Å². The molecular weight excluding hydrogens is 322 g/mol. The second-order valence-electron chi connectivity index (χ2n) is 5.02. The maximum atomic E-state index is 11.6. The van der Waals surface area contributed by atoms with Gasteiger partial charge in [-0.15, -0.1) is 0 Å². The molecule has 0 amide bonds. The van der Waals surface area contributed by atoms with Gasteiger partial charge in [0.15, 0.2) is 0 Å². The van der Waals surface area contributed by atoms with Crippen molar-refractivity contribution < 1.29 is 9.90 Å².